The zero-order chi connectivity index (χ0) is 14.7. The van der Waals surface area contributed by atoms with Crippen molar-refractivity contribution in [1.82, 2.24) is 9.80 Å². The van der Waals surface area contributed by atoms with Gasteiger partial charge in [0, 0.05) is 57.2 Å². The number of rotatable bonds is 5. The Balaban J connectivity index is 1.56. The van der Waals surface area contributed by atoms with Crippen molar-refractivity contribution >= 4 is 11.3 Å². The van der Waals surface area contributed by atoms with Gasteiger partial charge in [0.25, 0.3) is 0 Å². The molecule has 0 aromatic carbocycles. The van der Waals surface area contributed by atoms with Gasteiger partial charge in [-0.15, -0.1) is 11.3 Å². The Morgan fingerprint density at radius 3 is 2.95 bits per heavy atom. The van der Waals surface area contributed by atoms with Crippen LogP contribution in [0.15, 0.2) is 11.4 Å². The van der Waals surface area contributed by atoms with Gasteiger partial charge in [0.15, 0.2) is 0 Å². The van der Waals surface area contributed by atoms with Gasteiger partial charge in [-0.1, -0.05) is 0 Å². The van der Waals surface area contributed by atoms with Gasteiger partial charge < -0.3 is 9.47 Å². The molecular weight excluding hydrogens is 284 g/mol. The topological polar surface area (TPSA) is 24.9 Å². The van der Waals surface area contributed by atoms with Gasteiger partial charge in [0.1, 0.15) is 0 Å². The summed E-state index contributed by atoms with van der Waals surface area (Å²) in [6.07, 6.45) is 0.415. The van der Waals surface area contributed by atoms with Gasteiger partial charge in [-0.05, 0) is 23.9 Å². The Morgan fingerprint density at radius 1 is 1.33 bits per heavy atom. The summed E-state index contributed by atoms with van der Waals surface area (Å²) >= 11 is 1.88. The number of aryl methyl sites for hydroxylation is 1. The van der Waals surface area contributed by atoms with Crippen molar-refractivity contribution in [3.8, 4) is 0 Å². The van der Waals surface area contributed by atoms with Crippen LogP contribution < -0.4 is 0 Å². The molecule has 1 aromatic heterocycles. The predicted octanol–water partition coefficient (Wildman–Crippen LogP) is 1.84. The second-order valence-electron chi connectivity index (χ2n) is 6.18. The van der Waals surface area contributed by atoms with Crippen LogP contribution in [0.25, 0.3) is 0 Å². The number of likely N-dealkylation sites (tertiary alicyclic amines) is 1. The van der Waals surface area contributed by atoms with Crippen LogP contribution in [-0.4, -0.2) is 69.0 Å². The molecule has 2 fully saturated rings. The zero-order valence-electron chi connectivity index (χ0n) is 13.1. The third-order valence-electron chi connectivity index (χ3n) is 4.64. The third kappa shape index (κ3) is 3.85. The Labute approximate surface area is 131 Å². The number of fused-ring (bicyclic) bond motifs is 1. The Bertz CT molecular complexity index is 449. The molecule has 0 amide bonds. The minimum Gasteiger partial charge on any atom is -0.383 e. The van der Waals surface area contributed by atoms with E-state index in [1.807, 2.05) is 11.3 Å². The van der Waals surface area contributed by atoms with E-state index in [0.717, 1.165) is 52.5 Å². The molecule has 4 nitrogen and oxygen atoms in total. The van der Waals surface area contributed by atoms with Crippen LogP contribution in [0.1, 0.15) is 10.4 Å². The average Bonchev–Trinajstić information content (AvgIpc) is 2.98. The Hall–Kier alpha value is -0.460. The molecule has 0 unspecified atom stereocenters. The molecule has 1 aromatic rings. The lowest BCUT2D eigenvalue weighted by atomic mass is 10.1. The van der Waals surface area contributed by atoms with Crippen molar-refractivity contribution in [3.05, 3.63) is 21.9 Å². The van der Waals surface area contributed by atoms with Crippen molar-refractivity contribution in [3.63, 3.8) is 0 Å². The summed E-state index contributed by atoms with van der Waals surface area (Å²) in [6, 6.07) is 2.22. The maximum absolute atomic E-state index is 6.10. The van der Waals surface area contributed by atoms with E-state index in [1.54, 1.807) is 7.11 Å². The summed E-state index contributed by atoms with van der Waals surface area (Å²) in [6.45, 7) is 10.4. The van der Waals surface area contributed by atoms with Gasteiger partial charge in [0.2, 0.25) is 0 Å². The van der Waals surface area contributed by atoms with Crippen molar-refractivity contribution < 1.29 is 9.47 Å². The van der Waals surface area contributed by atoms with E-state index in [9.17, 15) is 0 Å². The number of hydrogen-bond acceptors (Lipinski definition) is 5. The fourth-order valence-corrected chi connectivity index (χ4v) is 4.32. The summed E-state index contributed by atoms with van der Waals surface area (Å²) < 4.78 is 11.3. The molecule has 0 aliphatic carbocycles. The van der Waals surface area contributed by atoms with Gasteiger partial charge in [0.05, 0.1) is 19.3 Å². The first-order valence-corrected chi connectivity index (χ1v) is 8.72. The van der Waals surface area contributed by atoms with Gasteiger partial charge in [-0.3, -0.25) is 9.80 Å². The lowest BCUT2D eigenvalue weighted by Crippen LogP contribution is -2.34. The fourth-order valence-electron chi connectivity index (χ4n) is 3.37. The highest BCUT2D eigenvalue weighted by Gasteiger charge is 2.36. The van der Waals surface area contributed by atoms with Crippen LogP contribution in [-0.2, 0) is 16.0 Å². The molecule has 0 radical (unpaired) electrons. The fraction of sp³-hybridized carbons (Fsp3) is 0.750. The van der Waals surface area contributed by atoms with Crippen LogP contribution in [0, 0.1) is 12.8 Å². The van der Waals surface area contributed by atoms with E-state index in [-0.39, 0.29) is 0 Å². The molecule has 3 heterocycles. The van der Waals surface area contributed by atoms with Crippen molar-refractivity contribution in [1.29, 1.82) is 0 Å². The highest BCUT2D eigenvalue weighted by Crippen LogP contribution is 2.27. The van der Waals surface area contributed by atoms with Crippen molar-refractivity contribution in [2.45, 2.75) is 19.6 Å². The molecule has 21 heavy (non-hydrogen) atoms. The molecule has 0 spiro atoms. The lowest BCUT2D eigenvalue weighted by molar-refractivity contribution is 0.0507. The molecule has 0 N–H and O–H groups in total. The summed E-state index contributed by atoms with van der Waals surface area (Å²) in [7, 11) is 1.78. The number of hydrogen-bond donors (Lipinski definition) is 0. The first kappa shape index (κ1) is 15.4. The molecule has 3 rings (SSSR count). The average molecular weight is 310 g/mol. The van der Waals surface area contributed by atoms with E-state index < -0.39 is 0 Å². The van der Waals surface area contributed by atoms with Crippen LogP contribution in [0.4, 0.5) is 0 Å². The van der Waals surface area contributed by atoms with E-state index in [0.29, 0.717) is 12.0 Å². The number of ether oxygens (including phenoxy) is 2. The molecule has 2 aliphatic rings. The minimum absolute atomic E-state index is 0.415. The largest absolute Gasteiger partial charge is 0.383 e. The van der Waals surface area contributed by atoms with Crippen molar-refractivity contribution in [2.75, 3.05) is 53.0 Å². The van der Waals surface area contributed by atoms with E-state index in [1.165, 1.54) is 10.4 Å². The quantitative estimate of drug-likeness (QED) is 0.828. The first-order valence-electron chi connectivity index (χ1n) is 7.84. The molecule has 2 saturated heterocycles. The standard InChI is InChI=1S/C16H26N2O2S/c1-13-3-8-21-16(13)12-18-10-14-9-17(4-6-19-2)5-7-20-15(14)11-18/h3,8,14-15H,4-7,9-12H2,1-2H3/t14-,15+/m0/s1. The van der Waals surface area contributed by atoms with Crippen LogP contribution in [0.5, 0.6) is 0 Å². The highest BCUT2D eigenvalue weighted by molar-refractivity contribution is 7.10. The second kappa shape index (κ2) is 7.20. The van der Waals surface area contributed by atoms with Gasteiger partial charge in [-0.2, -0.15) is 0 Å². The molecule has 0 saturated carbocycles. The number of nitrogens with zero attached hydrogens (tertiary/aromatic N) is 2. The van der Waals surface area contributed by atoms with E-state index in [4.69, 9.17) is 9.47 Å². The van der Waals surface area contributed by atoms with Crippen LogP contribution in [0.3, 0.4) is 0 Å². The third-order valence-corrected chi connectivity index (χ3v) is 5.64. The maximum atomic E-state index is 6.10. The molecular formula is C16H26N2O2S. The smallest absolute Gasteiger partial charge is 0.0755 e. The number of thiophene rings is 1. The summed E-state index contributed by atoms with van der Waals surface area (Å²) in [4.78, 5) is 6.56. The highest BCUT2D eigenvalue weighted by atomic mass is 32.1. The van der Waals surface area contributed by atoms with Gasteiger partial charge in [-0.25, -0.2) is 0 Å². The first-order chi connectivity index (χ1) is 10.3. The van der Waals surface area contributed by atoms with Crippen LogP contribution in [0.2, 0.25) is 0 Å². The second-order valence-corrected chi connectivity index (χ2v) is 7.18. The van der Waals surface area contributed by atoms with E-state index >= 15 is 0 Å². The summed E-state index contributed by atoms with van der Waals surface area (Å²) in [5.74, 6) is 0.643. The van der Waals surface area contributed by atoms with E-state index in [2.05, 4.69) is 28.2 Å². The predicted molar refractivity (Wildman–Crippen MR) is 85.9 cm³/mol. The van der Waals surface area contributed by atoms with Crippen LogP contribution >= 0.6 is 11.3 Å². The molecule has 118 valence electrons. The monoisotopic (exact) mass is 310 g/mol. The molecule has 5 heteroatoms. The SMILES string of the molecule is COCCN1CCO[C@@H]2CN(Cc3sccc3C)C[C@@H]2C1. The van der Waals surface area contributed by atoms with Gasteiger partial charge >= 0.3 is 0 Å². The Kier molecular flexibility index (Phi) is 5.29. The van der Waals surface area contributed by atoms with Crippen molar-refractivity contribution in [2.24, 2.45) is 5.92 Å². The zero-order valence-corrected chi connectivity index (χ0v) is 13.9. The molecule has 0 bridgehead atoms. The minimum atomic E-state index is 0.415. The molecule has 2 atom stereocenters. The number of methoxy groups -OCH3 is 1. The molecule has 2 aliphatic heterocycles. The Morgan fingerprint density at radius 2 is 2.19 bits per heavy atom. The summed E-state index contributed by atoms with van der Waals surface area (Å²) in [5, 5.41) is 2.20. The normalized spacial score (nSPS) is 27.7. The summed E-state index contributed by atoms with van der Waals surface area (Å²) in [5.41, 5.74) is 1.43. The maximum Gasteiger partial charge on any atom is 0.0755 e. The lowest BCUT2D eigenvalue weighted by Gasteiger charge is -2.23.